The smallest absolute Gasteiger partial charge is 0.307 e. The highest BCUT2D eigenvalue weighted by atomic mass is 35.5. The SMILES string of the molecule is C=C(C)/C(CC(=O)O)=C(/C)N(N)Cc1ccc(OCc2ccc(Cl)cc2C)cc1. The number of hydrogen-bond acceptors (Lipinski definition) is 4. The van der Waals surface area contributed by atoms with Crippen LogP contribution in [0, 0.1) is 6.92 Å². The zero-order chi connectivity index (χ0) is 21.6. The number of carbonyl (C=O) groups is 1. The molecule has 0 fully saturated rings. The molecule has 0 saturated carbocycles. The molecule has 0 atom stereocenters. The lowest BCUT2D eigenvalue weighted by Crippen LogP contribution is -2.30. The maximum absolute atomic E-state index is 11.1. The fourth-order valence-corrected chi connectivity index (χ4v) is 3.13. The van der Waals surface area contributed by atoms with E-state index in [4.69, 9.17) is 27.3 Å². The van der Waals surface area contributed by atoms with Crippen LogP contribution < -0.4 is 10.6 Å². The predicted octanol–water partition coefficient (Wildman–Crippen LogP) is 5.23. The molecule has 0 saturated heterocycles. The number of hydrazine groups is 1. The molecule has 0 spiro atoms. The first-order valence-corrected chi connectivity index (χ1v) is 9.61. The number of halogens is 1. The molecule has 6 heteroatoms. The van der Waals surface area contributed by atoms with Crippen LogP contribution in [0.1, 0.15) is 37.0 Å². The van der Waals surface area contributed by atoms with Gasteiger partial charge in [0.1, 0.15) is 12.4 Å². The van der Waals surface area contributed by atoms with Gasteiger partial charge in [-0.2, -0.15) is 0 Å². The van der Waals surface area contributed by atoms with Gasteiger partial charge < -0.3 is 14.9 Å². The summed E-state index contributed by atoms with van der Waals surface area (Å²) in [6, 6.07) is 13.4. The summed E-state index contributed by atoms with van der Waals surface area (Å²) in [6.45, 7) is 10.4. The van der Waals surface area contributed by atoms with Crippen LogP contribution in [0.3, 0.4) is 0 Å². The van der Waals surface area contributed by atoms with E-state index in [0.717, 1.165) is 22.4 Å². The fraction of sp³-hybridized carbons (Fsp3) is 0.261. The molecule has 0 radical (unpaired) electrons. The predicted molar refractivity (Wildman–Crippen MR) is 116 cm³/mol. The Labute approximate surface area is 177 Å². The van der Waals surface area contributed by atoms with Gasteiger partial charge in [0, 0.05) is 10.7 Å². The van der Waals surface area contributed by atoms with Gasteiger partial charge in [-0.05, 0) is 67.3 Å². The third-order valence-corrected chi connectivity index (χ3v) is 4.92. The number of aryl methyl sites for hydroxylation is 1. The number of nitrogens with two attached hydrogens (primary N) is 1. The van der Waals surface area contributed by atoms with Crippen molar-refractivity contribution in [2.24, 2.45) is 5.84 Å². The Morgan fingerprint density at radius 3 is 2.41 bits per heavy atom. The van der Waals surface area contributed by atoms with Crippen molar-refractivity contribution in [3.8, 4) is 5.75 Å². The summed E-state index contributed by atoms with van der Waals surface area (Å²) >= 11 is 5.98. The van der Waals surface area contributed by atoms with Gasteiger partial charge in [0.15, 0.2) is 0 Å². The lowest BCUT2D eigenvalue weighted by atomic mass is 10.0. The largest absolute Gasteiger partial charge is 0.489 e. The van der Waals surface area contributed by atoms with E-state index >= 15 is 0 Å². The van der Waals surface area contributed by atoms with Gasteiger partial charge >= 0.3 is 5.97 Å². The van der Waals surface area contributed by atoms with Gasteiger partial charge in [0.05, 0.1) is 13.0 Å². The molecule has 5 nitrogen and oxygen atoms in total. The van der Waals surface area contributed by atoms with Gasteiger partial charge in [-0.3, -0.25) is 4.79 Å². The number of carboxylic acid groups (broad SMARTS) is 1. The van der Waals surface area contributed by atoms with Crippen molar-refractivity contribution in [2.75, 3.05) is 0 Å². The number of allylic oxidation sites excluding steroid dienone is 2. The number of rotatable bonds is 9. The van der Waals surface area contributed by atoms with Crippen LogP contribution in [0.25, 0.3) is 0 Å². The Kier molecular flexibility index (Phi) is 7.88. The number of aliphatic carboxylic acids is 1. The van der Waals surface area contributed by atoms with Gasteiger partial charge in [0.2, 0.25) is 0 Å². The van der Waals surface area contributed by atoms with Crippen LogP contribution in [0.5, 0.6) is 5.75 Å². The second-order valence-corrected chi connectivity index (χ2v) is 7.48. The van der Waals surface area contributed by atoms with E-state index in [-0.39, 0.29) is 6.42 Å². The van der Waals surface area contributed by atoms with E-state index in [9.17, 15) is 4.79 Å². The second-order valence-electron chi connectivity index (χ2n) is 7.05. The standard InChI is InChI=1S/C23H27ClN2O3/c1-15(2)22(12-23(27)28)17(4)26(25)13-18-5-9-21(10-6-18)29-14-19-7-8-20(24)11-16(19)3/h5-11H,1,12-14,25H2,2-4H3,(H,27,28)/b22-17-. The molecule has 0 aliphatic rings. The van der Waals surface area contributed by atoms with Gasteiger partial charge in [0.25, 0.3) is 0 Å². The number of benzene rings is 2. The number of nitrogens with zero attached hydrogens (tertiary/aromatic N) is 1. The quantitative estimate of drug-likeness (QED) is 0.334. The molecule has 0 aliphatic heterocycles. The molecule has 0 unspecified atom stereocenters. The van der Waals surface area contributed by atoms with Crippen LogP contribution in [0.4, 0.5) is 0 Å². The third kappa shape index (κ3) is 6.66. The molecular formula is C23H27ClN2O3. The van der Waals surface area contributed by atoms with Gasteiger partial charge in [-0.25, -0.2) is 5.84 Å². The van der Waals surface area contributed by atoms with Crippen LogP contribution >= 0.6 is 11.6 Å². The summed E-state index contributed by atoms with van der Waals surface area (Å²) < 4.78 is 5.86. The molecule has 0 aromatic heterocycles. The normalized spacial score (nSPS) is 11.6. The monoisotopic (exact) mass is 414 g/mol. The first-order valence-electron chi connectivity index (χ1n) is 9.23. The summed E-state index contributed by atoms with van der Waals surface area (Å²) in [5.74, 6) is 6.01. The molecule has 29 heavy (non-hydrogen) atoms. The zero-order valence-corrected chi connectivity index (χ0v) is 17.8. The lowest BCUT2D eigenvalue weighted by Gasteiger charge is -2.23. The van der Waals surface area contributed by atoms with Crippen molar-refractivity contribution < 1.29 is 14.6 Å². The van der Waals surface area contributed by atoms with Gasteiger partial charge in [-0.15, -0.1) is 0 Å². The highest BCUT2D eigenvalue weighted by Gasteiger charge is 2.13. The van der Waals surface area contributed by atoms with Crippen LogP contribution in [0.15, 0.2) is 65.9 Å². The molecule has 0 aliphatic carbocycles. The van der Waals surface area contributed by atoms with Crippen molar-refractivity contribution in [3.05, 3.63) is 87.6 Å². The van der Waals surface area contributed by atoms with Crippen molar-refractivity contribution in [2.45, 2.75) is 40.3 Å². The molecule has 2 aromatic carbocycles. The summed E-state index contributed by atoms with van der Waals surface area (Å²) in [7, 11) is 0. The molecule has 154 valence electrons. The molecule has 2 rings (SSSR count). The molecule has 0 amide bonds. The van der Waals surface area contributed by atoms with E-state index in [0.29, 0.717) is 35.0 Å². The number of carboxylic acids is 1. The maximum atomic E-state index is 11.1. The van der Waals surface area contributed by atoms with Crippen molar-refractivity contribution in [1.82, 2.24) is 5.01 Å². The van der Waals surface area contributed by atoms with Crippen LogP contribution in [-0.4, -0.2) is 16.1 Å². The molecular weight excluding hydrogens is 388 g/mol. The van der Waals surface area contributed by atoms with E-state index in [1.807, 2.05) is 49.4 Å². The van der Waals surface area contributed by atoms with Crippen molar-refractivity contribution >= 4 is 17.6 Å². The Balaban J connectivity index is 2.02. The van der Waals surface area contributed by atoms with E-state index < -0.39 is 5.97 Å². The van der Waals surface area contributed by atoms with E-state index in [1.54, 1.807) is 18.9 Å². The summed E-state index contributed by atoms with van der Waals surface area (Å²) in [4.78, 5) is 11.1. The summed E-state index contributed by atoms with van der Waals surface area (Å²) in [5.41, 5.74) is 5.18. The van der Waals surface area contributed by atoms with Crippen molar-refractivity contribution in [1.29, 1.82) is 0 Å². The van der Waals surface area contributed by atoms with Gasteiger partial charge in [-0.1, -0.05) is 42.0 Å². The summed E-state index contributed by atoms with van der Waals surface area (Å²) in [6.07, 6.45) is -0.105. The first kappa shape index (κ1) is 22.5. The van der Waals surface area contributed by atoms with Crippen LogP contribution in [-0.2, 0) is 17.9 Å². The topological polar surface area (TPSA) is 75.8 Å². The second kappa shape index (κ2) is 10.1. The Morgan fingerprint density at radius 1 is 1.21 bits per heavy atom. The fourth-order valence-electron chi connectivity index (χ4n) is 2.90. The zero-order valence-electron chi connectivity index (χ0n) is 17.0. The lowest BCUT2D eigenvalue weighted by molar-refractivity contribution is -0.136. The van der Waals surface area contributed by atoms with Crippen LogP contribution in [0.2, 0.25) is 5.02 Å². The highest BCUT2D eigenvalue weighted by molar-refractivity contribution is 6.30. The Hall–Kier alpha value is -2.76. The molecule has 0 bridgehead atoms. The molecule has 2 aromatic rings. The van der Waals surface area contributed by atoms with E-state index in [2.05, 4.69) is 6.58 Å². The molecule has 3 N–H and O–H groups in total. The first-order chi connectivity index (χ1) is 13.7. The average Bonchev–Trinajstić information content (AvgIpc) is 2.65. The Morgan fingerprint density at radius 2 is 1.86 bits per heavy atom. The minimum absolute atomic E-state index is 0.105. The number of hydrogen-bond donors (Lipinski definition) is 2. The third-order valence-electron chi connectivity index (χ3n) is 4.69. The Bertz CT molecular complexity index is 920. The number of ether oxygens (including phenoxy) is 1. The average molecular weight is 415 g/mol. The summed E-state index contributed by atoms with van der Waals surface area (Å²) in [5, 5.41) is 11.3. The minimum atomic E-state index is -0.909. The molecule has 0 heterocycles. The van der Waals surface area contributed by atoms with Crippen molar-refractivity contribution in [3.63, 3.8) is 0 Å². The maximum Gasteiger partial charge on any atom is 0.307 e. The van der Waals surface area contributed by atoms with E-state index in [1.165, 1.54) is 0 Å². The minimum Gasteiger partial charge on any atom is -0.489 e. The highest BCUT2D eigenvalue weighted by Crippen LogP contribution is 2.22.